The van der Waals surface area contributed by atoms with Gasteiger partial charge in [0.2, 0.25) is 0 Å². The molecular weight excluding hydrogens is 253 g/mol. The fourth-order valence-corrected chi connectivity index (χ4v) is 2.20. The molecule has 0 aromatic heterocycles. The summed E-state index contributed by atoms with van der Waals surface area (Å²) in [6.07, 6.45) is 0.981. The maximum absolute atomic E-state index is 12.9. The highest BCUT2D eigenvalue weighted by atomic mass is 19.1. The van der Waals surface area contributed by atoms with Crippen LogP contribution in [0.5, 0.6) is 5.75 Å². The van der Waals surface area contributed by atoms with Gasteiger partial charge in [-0.15, -0.1) is 0 Å². The lowest BCUT2D eigenvalue weighted by Gasteiger charge is -2.18. The molecule has 1 N–H and O–H groups in total. The Labute approximate surface area is 119 Å². The van der Waals surface area contributed by atoms with Crippen LogP contribution in [0.15, 0.2) is 48.5 Å². The third-order valence-electron chi connectivity index (χ3n) is 3.37. The lowest BCUT2D eigenvalue weighted by Crippen LogP contribution is -2.20. The molecule has 0 saturated heterocycles. The lowest BCUT2D eigenvalue weighted by atomic mass is 10.0. The molecule has 0 radical (unpaired) electrons. The second-order valence-electron chi connectivity index (χ2n) is 4.74. The molecule has 0 saturated carbocycles. The van der Waals surface area contributed by atoms with Crippen molar-refractivity contribution >= 4 is 0 Å². The average Bonchev–Trinajstić information content (AvgIpc) is 2.50. The number of nitrogens with one attached hydrogen (secondary N) is 1. The zero-order valence-corrected chi connectivity index (χ0v) is 11.9. The maximum Gasteiger partial charge on any atom is 0.123 e. The summed E-state index contributed by atoms with van der Waals surface area (Å²) in [5.41, 5.74) is 2.28. The standard InChI is InChI=1S/C17H20FNO/c1-3-17(14-5-4-6-16(11-14)20-2)19-12-13-7-9-15(18)10-8-13/h4-11,17,19H,3,12H2,1-2H3. The summed E-state index contributed by atoms with van der Waals surface area (Å²) in [5, 5.41) is 3.49. The van der Waals surface area contributed by atoms with Crippen molar-refractivity contribution in [3.8, 4) is 5.75 Å². The number of hydrogen-bond donors (Lipinski definition) is 1. The largest absolute Gasteiger partial charge is 0.497 e. The molecule has 1 unspecified atom stereocenters. The Morgan fingerprint density at radius 3 is 2.55 bits per heavy atom. The first kappa shape index (κ1) is 14.5. The van der Waals surface area contributed by atoms with Gasteiger partial charge in [-0.25, -0.2) is 4.39 Å². The Balaban J connectivity index is 2.03. The lowest BCUT2D eigenvalue weighted by molar-refractivity contribution is 0.412. The van der Waals surface area contributed by atoms with Gasteiger partial charge in [0, 0.05) is 12.6 Å². The quantitative estimate of drug-likeness (QED) is 0.856. The molecule has 0 bridgehead atoms. The zero-order valence-electron chi connectivity index (χ0n) is 11.9. The molecule has 0 aliphatic carbocycles. The predicted octanol–water partition coefficient (Wildman–Crippen LogP) is 4.08. The van der Waals surface area contributed by atoms with Crippen LogP contribution in [0.3, 0.4) is 0 Å². The van der Waals surface area contributed by atoms with E-state index < -0.39 is 0 Å². The van der Waals surface area contributed by atoms with Crippen molar-refractivity contribution in [3.63, 3.8) is 0 Å². The summed E-state index contributed by atoms with van der Waals surface area (Å²) in [4.78, 5) is 0. The second-order valence-corrected chi connectivity index (χ2v) is 4.74. The van der Waals surface area contributed by atoms with Crippen LogP contribution in [0.25, 0.3) is 0 Å². The highest BCUT2D eigenvalue weighted by molar-refractivity contribution is 5.30. The van der Waals surface area contributed by atoms with Crippen molar-refractivity contribution in [2.45, 2.75) is 25.9 Å². The summed E-state index contributed by atoms with van der Waals surface area (Å²) >= 11 is 0. The summed E-state index contributed by atoms with van der Waals surface area (Å²) in [6.45, 7) is 2.86. The number of hydrogen-bond acceptors (Lipinski definition) is 2. The predicted molar refractivity (Wildman–Crippen MR) is 79.3 cm³/mol. The molecule has 0 aliphatic rings. The molecule has 106 valence electrons. The van der Waals surface area contributed by atoms with E-state index in [2.05, 4.69) is 18.3 Å². The van der Waals surface area contributed by atoms with Crippen molar-refractivity contribution in [1.29, 1.82) is 0 Å². The second kappa shape index (κ2) is 7.06. The number of ether oxygens (including phenoxy) is 1. The van der Waals surface area contributed by atoms with Crippen LogP contribution < -0.4 is 10.1 Å². The molecule has 0 heterocycles. The van der Waals surface area contributed by atoms with Gasteiger partial charge < -0.3 is 10.1 Å². The van der Waals surface area contributed by atoms with Crippen LogP contribution in [-0.4, -0.2) is 7.11 Å². The van der Waals surface area contributed by atoms with Crippen molar-refractivity contribution in [3.05, 3.63) is 65.5 Å². The van der Waals surface area contributed by atoms with Crippen molar-refractivity contribution in [1.82, 2.24) is 5.32 Å². The van der Waals surface area contributed by atoms with E-state index in [1.165, 1.54) is 17.7 Å². The van der Waals surface area contributed by atoms with Gasteiger partial charge in [0.25, 0.3) is 0 Å². The van der Waals surface area contributed by atoms with E-state index in [1.54, 1.807) is 19.2 Å². The first-order valence-electron chi connectivity index (χ1n) is 6.84. The Bertz CT molecular complexity index is 539. The Hall–Kier alpha value is -1.87. The van der Waals surface area contributed by atoms with Crippen molar-refractivity contribution in [2.75, 3.05) is 7.11 Å². The van der Waals surface area contributed by atoms with Gasteiger partial charge in [-0.05, 0) is 41.8 Å². The number of methoxy groups -OCH3 is 1. The topological polar surface area (TPSA) is 21.3 Å². The summed E-state index contributed by atoms with van der Waals surface area (Å²) < 4.78 is 18.1. The molecule has 1 atom stereocenters. The van der Waals surface area contributed by atoms with Gasteiger partial charge in [-0.3, -0.25) is 0 Å². The van der Waals surface area contributed by atoms with Crippen LogP contribution in [-0.2, 0) is 6.54 Å². The van der Waals surface area contributed by atoms with Crippen molar-refractivity contribution in [2.24, 2.45) is 0 Å². The average molecular weight is 273 g/mol. The monoisotopic (exact) mass is 273 g/mol. The molecular formula is C17H20FNO. The van der Waals surface area contributed by atoms with Gasteiger partial charge in [0.1, 0.15) is 11.6 Å². The fraction of sp³-hybridized carbons (Fsp3) is 0.294. The molecule has 2 aromatic carbocycles. The maximum atomic E-state index is 12.9. The fourth-order valence-electron chi connectivity index (χ4n) is 2.20. The number of halogens is 1. The van der Waals surface area contributed by atoms with Crippen LogP contribution in [0, 0.1) is 5.82 Å². The van der Waals surface area contributed by atoms with Gasteiger partial charge in [0.05, 0.1) is 7.11 Å². The van der Waals surface area contributed by atoms with E-state index in [-0.39, 0.29) is 11.9 Å². The van der Waals surface area contributed by atoms with E-state index in [0.29, 0.717) is 0 Å². The molecule has 0 spiro atoms. The first-order valence-corrected chi connectivity index (χ1v) is 6.84. The molecule has 20 heavy (non-hydrogen) atoms. The molecule has 2 rings (SSSR count). The highest BCUT2D eigenvalue weighted by Gasteiger charge is 2.09. The minimum atomic E-state index is -0.200. The molecule has 2 nitrogen and oxygen atoms in total. The van der Waals surface area contributed by atoms with Gasteiger partial charge in [-0.1, -0.05) is 31.2 Å². The Morgan fingerprint density at radius 2 is 1.90 bits per heavy atom. The number of benzene rings is 2. The third kappa shape index (κ3) is 3.81. The summed E-state index contributed by atoms with van der Waals surface area (Å²) in [5.74, 6) is 0.665. The third-order valence-corrected chi connectivity index (χ3v) is 3.37. The van der Waals surface area contributed by atoms with E-state index >= 15 is 0 Å². The van der Waals surface area contributed by atoms with E-state index in [9.17, 15) is 4.39 Å². The van der Waals surface area contributed by atoms with Crippen LogP contribution in [0.1, 0.15) is 30.5 Å². The molecule has 0 amide bonds. The SMILES string of the molecule is CCC(NCc1ccc(F)cc1)c1cccc(OC)c1. The molecule has 3 heteroatoms. The number of rotatable bonds is 6. The molecule has 2 aromatic rings. The van der Waals surface area contributed by atoms with Gasteiger partial charge >= 0.3 is 0 Å². The van der Waals surface area contributed by atoms with Crippen LogP contribution in [0.4, 0.5) is 4.39 Å². The Kier molecular flexibility index (Phi) is 5.13. The van der Waals surface area contributed by atoms with E-state index in [0.717, 1.165) is 24.3 Å². The minimum Gasteiger partial charge on any atom is -0.497 e. The zero-order chi connectivity index (χ0) is 14.4. The van der Waals surface area contributed by atoms with Gasteiger partial charge in [-0.2, -0.15) is 0 Å². The smallest absolute Gasteiger partial charge is 0.123 e. The summed E-state index contributed by atoms with van der Waals surface area (Å²) in [6, 6.07) is 14.9. The van der Waals surface area contributed by atoms with Crippen molar-refractivity contribution < 1.29 is 9.13 Å². The van der Waals surface area contributed by atoms with Crippen LogP contribution >= 0.6 is 0 Å². The molecule has 0 fully saturated rings. The van der Waals surface area contributed by atoms with Crippen LogP contribution in [0.2, 0.25) is 0 Å². The molecule has 0 aliphatic heterocycles. The van der Waals surface area contributed by atoms with E-state index in [1.807, 2.05) is 18.2 Å². The van der Waals surface area contributed by atoms with Gasteiger partial charge in [0.15, 0.2) is 0 Å². The van der Waals surface area contributed by atoms with E-state index in [4.69, 9.17) is 4.74 Å². The Morgan fingerprint density at radius 1 is 1.15 bits per heavy atom. The first-order chi connectivity index (χ1) is 9.72. The normalized spacial score (nSPS) is 12.2. The minimum absolute atomic E-state index is 0.200. The highest BCUT2D eigenvalue weighted by Crippen LogP contribution is 2.21. The summed E-state index contributed by atoms with van der Waals surface area (Å²) in [7, 11) is 1.67.